The summed E-state index contributed by atoms with van der Waals surface area (Å²) in [6.45, 7) is 4.93. The second kappa shape index (κ2) is 12.0. The van der Waals surface area contributed by atoms with Crippen molar-refractivity contribution >= 4 is 35.4 Å². The van der Waals surface area contributed by atoms with Crippen LogP contribution in [0, 0.1) is 0 Å². The predicted octanol–water partition coefficient (Wildman–Crippen LogP) is 4.41. The third kappa shape index (κ3) is 7.59. The zero-order chi connectivity index (χ0) is 26.1. The van der Waals surface area contributed by atoms with Gasteiger partial charge in [0.05, 0.1) is 5.56 Å². The smallest absolute Gasteiger partial charge is 0.343 e. The molecule has 0 radical (unpaired) electrons. The van der Waals surface area contributed by atoms with Crippen molar-refractivity contribution in [1.82, 2.24) is 0 Å². The average molecular weight is 487 g/mol. The van der Waals surface area contributed by atoms with Crippen LogP contribution in [0.1, 0.15) is 22.8 Å². The topological polar surface area (TPSA) is 131 Å². The first-order chi connectivity index (χ1) is 17.2. The fourth-order valence-corrected chi connectivity index (χ4v) is 3.07. The molecule has 0 atom stereocenters. The fourth-order valence-electron chi connectivity index (χ4n) is 3.07. The molecule has 4 N–H and O–H groups in total. The molecule has 0 aromatic heterocycles. The molecule has 0 fully saturated rings. The van der Waals surface area contributed by atoms with Gasteiger partial charge in [-0.2, -0.15) is 0 Å². The lowest BCUT2D eigenvalue weighted by Gasteiger charge is -2.08. The summed E-state index contributed by atoms with van der Waals surface area (Å²) >= 11 is 0. The maximum Gasteiger partial charge on any atom is 0.343 e. The van der Waals surface area contributed by atoms with Crippen molar-refractivity contribution in [2.24, 2.45) is 0 Å². The first-order valence-electron chi connectivity index (χ1n) is 11.0. The van der Waals surface area contributed by atoms with E-state index >= 15 is 0 Å². The van der Waals surface area contributed by atoms with E-state index in [1.807, 2.05) is 36.4 Å². The number of anilines is 2. The molecule has 8 nitrogen and oxygen atoms in total. The van der Waals surface area contributed by atoms with Gasteiger partial charge in [0.2, 0.25) is 0 Å². The summed E-state index contributed by atoms with van der Waals surface area (Å²) < 4.78 is 15.2. The molecule has 0 aliphatic heterocycles. The van der Waals surface area contributed by atoms with Crippen molar-refractivity contribution in [3.8, 4) is 16.9 Å². The van der Waals surface area contributed by atoms with E-state index in [-0.39, 0.29) is 24.4 Å². The van der Waals surface area contributed by atoms with Gasteiger partial charge in [0.25, 0.3) is 0 Å². The molecule has 3 aromatic rings. The molecule has 0 unspecified atom stereocenters. The van der Waals surface area contributed by atoms with Crippen LogP contribution >= 0.6 is 0 Å². The van der Waals surface area contributed by atoms with Crippen LogP contribution in [0.15, 0.2) is 85.0 Å². The molecule has 3 aromatic carbocycles. The van der Waals surface area contributed by atoms with Crippen molar-refractivity contribution in [2.45, 2.75) is 6.92 Å². The Bertz CT molecular complexity index is 1270. The first-order valence-corrected chi connectivity index (χ1v) is 11.0. The summed E-state index contributed by atoms with van der Waals surface area (Å²) in [6.07, 6.45) is 2.92. The van der Waals surface area contributed by atoms with Gasteiger partial charge in [-0.15, -0.1) is 0 Å². The summed E-state index contributed by atoms with van der Waals surface area (Å²) in [5.74, 6) is -1.24. The average Bonchev–Trinajstić information content (AvgIpc) is 2.85. The molecule has 0 amide bonds. The number of esters is 3. The Morgan fingerprint density at radius 2 is 1.39 bits per heavy atom. The Balaban J connectivity index is 1.52. The highest BCUT2D eigenvalue weighted by atomic mass is 16.6. The van der Waals surface area contributed by atoms with Crippen molar-refractivity contribution in [1.29, 1.82) is 0 Å². The normalized spacial score (nSPS) is 10.6. The molecule has 0 saturated heterocycles. The van der Waals surface area contributed by atoms with Gasteiger partial charge >= 0.3 is 17.9 Å². The van der Waals surface area contributed by atoms with Crippen molar-refractivity contribution < 1.29 is 28.6 Å². The van der Waals surface area contributed by atoms with E-state index in [1.165, 1.54) is 25.1 Å². The predicted molar refractivity (Wildman–Crippen MR) is 138 cm³/mol. The Labute approximate surface area is 208 Å². The van der Waals surface area contributed by atoms with Crippen molar-refractivity contribution in [2.75, 3.05) is 24.7 Å². The molecule has 8 heteroatoms. The third-order valence-corrected chi connectivity index (χ3v) is 4.84. The van der Waals surface area contributed by atoms with Crippen LogP contribution in [0.3, 0.4) is 0 Å². The summed E-state index contributed by atoms with van der Waals surface area (Å²) in [5.41, 5.74) is 15.4. The van der Waals surface area contributed by atoms with Crippen LogP contribution in [-0.4, -0.2) is 31.1 Å². The van der Waals surface area contributed by atoms with E-state index in [0.717, 1.165) is 16.7 Å². The second-order valence-electron chi connectivity index (χ2n) is 7.84. The monoisotopic (exact) mass is 486 g/mol. The first kappa shape index (κ1) is 25.8. The number of nitrogen functional groups attached to an aromatic ring is 2. The highest BCUT2D eigenvalue weighted by molar-refractivity contribution is 5.93. The lowest BCUT2D eigenvalue weighted by Crippen LogP contribution is -2.12. The van der Waals surface area contributed by atoms with E-state index < -0.39 is 17.9 Å². The quantitative estimate of drug-likeness (QED) is 0.149. The minimum Gasteiger partial charge on any atom is -0.459 e. The molecular weight excluding hydrogens is 460 g/mol. The van der Waals surface area contributed by atoms with Gasteiger partial charge in [-0.3, -0.25) is 0 Å². The standard InChI is InChI=1S/C28H26N2O6/c1-18(2)27(32)35-14-13-34-26(31)12-5-19-3-6-20(7-4-19)21-8-10-25(11-9-21)36-28(33)22-15-23(29)17-24(30)16-22/h3-12,15-17H,1,13-14,29-30H2,2H3/b12-5+. The van der Waals surface area contributed by atoms with Gasteiger partial charge < -0.3 is 25.7 Å². The number of benzene rings is 3. The highest BCUT2D eigenvalue weighted by Crippen LogP contribution is 2.24. The van der Waals surface area contributed by atoms with Crippen molar-refractivity contribution in [3.05, 3.63) is 96.1 Å². The Morgan fingerprint density at radius 1 is 0.833 bits per heavy atom. The van der Waals surface area contributed by atoms with Gasteiger partial charge in [-0.25, -0.2) is 14.4 Å². The fraction of sp³-hybridized carbons (Fsp3) is 0.107. The number of ether oxygens (including phenoxy) is 3. The van der Waals surface area contributed by atoms with E-state index in [0.29, 0.717) is 17.1 Å². The number of carbonyl (C=O) groups is 3. The van der Waals surface area contributed by atoms with E-state index in [2.05, 4.69) is 6.58 Å². The van der Waals surface area contributed by atoms with Gasteiger partial charge in [0.1, 0.15) is 19.0 Å². The Morgan fingerprint density at radius 3 is 1.97 bits per heavy atom. The lowest BCUT2D eigenvalue weighted by atomic mass is 10.0. The van der Waals surface area contributed by atoms with Gasteiger partial charge in [-0.1, -0.05) is 43.0 Å². The molecule has 184 valence electrons. The Hall–Kier alpha value is -4.85. The third-order valence-electron chi connectivity index (χ3n) is 4.84. The number of hydrogen-bond donors (Lipinski definition) is 2. The number of rotatable bonds is 9. The maximum atomic E-state index is 12.3. The summed E-state index contributed by atoms with van der Waals surface area (Å²) in [6, 6.07) is 19.1. The van der Waals surface area contributed by atoms with Gasteiger partial charge in [-0.05, 0) is 60.0 Å². The maximum absolute atomic E-state index is 12.3. The molecule has 0 heterocycles. The minimum atomic E-state index is -0.552. The molecule has 3 rings (SSSR count). The summed E-state index contributed by atoms with van der Waals surface area (Å²) in [4.78, 5) is 35.4. The molecule has 0 bridgehead atoms. The van der Waals surface area contributed by atoms with Crippen LogP contribution in [0.2, 0.25) is 0 Å². The van der Waals surface area contributed by atoms with E-state index in [4.69, 9.17) is 25.7 Å². The second-order valence-corrected chi connectivity index (χ2v) is 7.84. The molecular formula is C28H26N2O6. The number of carbonyl (C=O) groups excluding carboxylic acids is 3. The zero-order valence-corrected chi connectivity index (χ0v) is 19.7. The van der Waals surface area contributed by atoms with Crippen LogP contribution in [0.25, 0.3) is 17.2 Å². The largest absolute Gasteiger partial charge is 0.459 e. The molecule has 0 aliphatic carbocycles. The molecule has 0 spiro atoms. The van der Waals surface area contributed by atoms with E-state index in [1.54, 1.807) is 24.3 Å². The minimum absolute atomic E-state index is 0.0342. The zero-order valence-electron chi connectivity index (χ0n) is 19.7. The van der Waals surface area contributed by atoms with Crippen LogP contribution in [0.5, 0.6) is 5.75 Å². The number of nitrogens with two attached hydrogens (primary N) is 2. The summed E-state index contributed by atoms with van der Waals surface area (Å²) in [5, 5.41) is 0. The molecule has 36 heavy (non-hydrogen) atoms. The molecule has 0 aliphatic rings. The van der Waals surface area contributed by atoms with Crippen LogP contribution in [-0.2, 0) is 19.1 Å². The lowest BCUT2D eigenvalue weighted by molar-refractivity contribution is -0.146. The van der Waals surface area contributed by atoms with Gasteiger partial charge in [0, 0.05) is 23.0 Å². The number of hydrogen-bond acceptors (Lipinski definition) is 8. The van der Waals surface area contributed by atoms with Crippen LogP contribution < -0.4 is 16.2 Å². The SMILES string of the molecule is C=C(C)C(=O)OCCOC(=O)/C=C/c1ccc(-c2ccc(OC(=O)c3cc(N)cc(N)c3)cc2)cc1. The van der Waals surface area contributed by atoms with Crippen LogP contribution in [0.4, 0.5) is 11.4 Å². The van der Waals surface area contributed by atoms with Gasteiger partial charge in [0.15, 0.2) is 0 Å². The molecule has 0 saturated carbocycles. The Kier molecular flexibility index (Phi) is 8.61. The van der Waals surface area contributed by atoms with Crippen molar-refractivity contribution in [3.63, 3.8) is 0 Å². The van der Waals surface area contributed by atoms with E-state index in [9.17, 15) is 14.4 Å². The summed E-state index contributed by atoms with van der Waals surface area (Å²) in [7, 11) is 0. The highest BCUT2D eigenvalue weighted by Gasteiger charge is 2.10.